The molecule has 15 heavy (non-hydrogen) atoms. The molecule has 1 N–H and O–H groups in total. The van der Waals surface area contributed by atoms with Crippen molar-refractivity contribution < 1.29 is 4.74 Å². The molecule has 0 aromatic carbocycles. The minimum atomic E-state index is 0.682. The minimum absolute atomic E-state index is 0.682. The van der Waals surface area contributed by atoms with Crippen molar-refractivity contribution in [1.82, 2.24) is 10.2 Å². The molecule has 1 heterocycles. The van der Waals surface area contributed by atoms with E-state index in [4.69, 9.17) is 4.74 Å². The number of hydrogen-bond donors (Lipinski definition) is 1. The van der Waals surface area contributed by atoms with Gasteiger partial charge in [0.2, 0.25) is 0 Å². The zero-order valence-corrected chi connectivity index (χ0v) is 10.5. The lowest BCUT2D eigenvalue weighted by Crippen LogP contribution is -2.40. The van der Waals surface area contributed by atoms with Crippen LogP contribution in [0.2, 0.25) is 0 Å². The van der Waals surface area contributed by atoms with E-state index in [0.717, 1.165) is 25.7 Å². The SMILES string of the molecule is CCNC(CCN(C)C)C1CCOCC1. The van der Waals surface area contributed by atoms with E-state index in [1.165, 1.54) is 25.8 Å². The molecule has 1 unspecified atom stereocenters. The normalized spacial score (nSPS) is 20.8. The molecule has 1 aliphatic rings. The van der Waals surface area contributed by atoms with E-state index in [1.54, 1.807) is 0 Å². The second-order valence-electron chi connectivity index (χ2n) is 4.71. The quantitative estimate of drug-likeness (QED) is 0.722. The summed E-state index contributed by atoms with van der Waals surface area (Å²) in [6.45, 7) is 6.36. The van der Waals surface area contributed by atoms with Gasteiger partial charge in [-0.1, -0.05) is 6.92 Å². The Kier molecular flexibility index (Phi) is 6.22. The molecule has 1 fully saturated rings. The molecule has 1 atom stereocenters. The van der Waals surface area contributed by atoms with E-state index in [-0.39, 0.29) is 0 Å². The highest BCUT2D eigenvalue weighted by molar-refractivity contribution is 4.78. The Balaban J connectivity index is 2.33. The van der Waals surface area contributed by atoms with Gasteiger partial charge in [-0.2, -0.15) is 0 Å². The van der Waals surface area contributed by atoms with Crippen LogP contribution >= 0.6 is 0 Å². The largest absolute Gasteiger partial charge is 0.381 e. The summed E-state index contributed by atoms with van der Waals surface area (Å²) >= 11 is 0. The third-order valence-corrected chi connectivity index (χ3v) is 3.19. The molecular weight excluding hydrogens is 188 g/mol. The van der Waals surface area contributed by atoms with Crippen LogP contribution in [0.4, 0.5) is 0 Å². The molecule has 0 aromatic rings. The van der Waals surface area contributed by atoms with Crippen molar-refractivity contribution in [2.45, 2.75) is 32.2 Å². The van der Waals surface area contributed by atoms with Crippen molar-refractivity contribution in [3.05, 3.63) is 0 Å². The monoisotopic (exact) mass is 214 g/mol. The summed E-state index contributed by atoms with van der Waals surface area (Å²) in [6.07, 6.45) is 3.71. The number of ether oxygens (including phenoxy) is 1. The van der Waals surface area contributed by atoms with Crippen LogP contribution in [0.5, 0.6) is 0 Å². The van der Waals surface area contributed by atoms with Gasteiger partial charge in [-0.3, -0.25) is 0 Å². The van der Waals surface area contributed by atoms with Gasteiger partial charge in [0.1, 0.15) is 0 Å². The first-order valence-corrected chi connectivity index (χ1v) is 6.20. The zero-order chi connectivity index (χ0) is 11.1. The Hall–Kier alpha value is -0.120. The van der Waals surface area contributed by atoms with Crippen LogP contribution in [0.15, 0.2) is 0 Å². The van der Waals surface area contributed by atoms with Gasteiger partial charge < -0.3 is 15.0 Å². The summed E-state index contributed by atoms with van der Waals surface area (Å²) in [4.78, 5) is 2.27. The van der Waals surface area contributed by atoms with Crippen molar-refractivity contribution >= 4 is 0 Å². The maximum Gasteiger partial charge on any atom is 0.0469 e. The second-order valence-corrected chi connectivity index (χ2v) is 4.71. The van der Waals surface area contributed by atoms with Crippen LogP contribution in [0.1, 0.15) is 26.2 Å². The Bertz CT molecular complexity index is 156. The summed E-state index contributed by atoms with van der Waals surface area (Å²) in [5, 5.41) is 3.63. The van der Waals surface area contributed by atoms with Crippen LogP contribution in [-0.4, -0.2) is 51.3 Å². The lowest BCUT2D eigenvalue weighted by molar-refractivity contribution is 0.0518. The molecule has 0 saturated carbocycles. The fourth-order valence-electron chi connectivity index (χ4n) is 2.28. The molecule has 0 aliphatic carbocycles. The molecule has 3 nitrogen and oxygen atoms in total. The summed E-state index contributed by atoms with van der Waals surface area (Å²) < 4.78 is 5.42. The first kappa shape index (κ1) is 12.9. The summed E-state index contributed by atoms with van der Waals surface area (Å²) in [5.41, 5.74) is 0. The third kappa shape index (κ3) is 4.96. The highest BCUT2D eigenvalue weighted by Gasteiger charge is 2.22. The molecule has 1 aliphatic heterocycles. The first-order valence-electron chi connectivity index (χ1n) is 6.20. The van der Waals surface area contributed by atoms with Gasteiger partial charge >= 0.3 is 0 Å². The average molecular weight is 214 g/mol. The van der Waals surface area contributed by atoms with E-state index in [2.05, 4.69) is 31.2 Å². The Morgan fingerprint density at radius 1 is 1.33 bits per heavy atom. The van der Waals surface area contributed by atoms with Gasteiger partial charge in [0.25, 0.3) is 0 Å². The summed E-state index contributed by atoms with van der Waals surface area (Å²) in [6, 6.07) is 0.682. The van der Waals surface area contributed by atoms with Crippen molar-refractivity contribution in [3.8, 4) is 0 Å². The molecular formula is C12H26N2O. The van der Waals surface area contributed by atoms with E-state index in [0.29, 0.717) is 6.04 Å². The van der Waals surface area contributed by atoms with Gasteiger partial charge in [-0.05, 0) is 52.4 Å². The number of nitrogens with zero attached hydrogens (tertiary/aromatic N) is 1. The number of hydrogen-bond acceptors (Lipinski definition) is 3. The van der Waals surface area contributed by atoms with E-state index >= 15 is 0 Å². The predicted molar refractivity (Wildman–Crippen MR) is 64.2 cm³/mol. The van der Waals surface area contributed by atoms with Crippen molar-refractivity contribution in [1.29, 1.82) is 0 Å². The molecule has 0 spiro atoms. The summed E-state index contributed by atoms with van der Waals surface area (Å²) in [7, 11) is 4.29. The van der Waals surface area contributed by atoms with Crippen molar-refractivity contribution in [2.75, 3.05) is 40.4 Å². The maximum absolute atomic E-state index is 5.42. The predicted octanol–water partition coefficient (Wildman–Crippen LogP) is 1.34. The van der Waals surface area contributed by atoms with Crippen LogP contribution < -0.4 is 5.32 Å². The highest BCUT2D eigenvalue weighted by Crippen LogP contribution is 2.20. The molecule has 1 saturated heterocycles. The maximum atomic E-state index is 5.42. The van der Waals surface area contributed by atoms with Gasteiger partial charge in [-0.15, -0.1) is 0 Å². The van der Waals surface area contributed by atoms with Gasteiger partial charge in [0, 0.05) is 19.3 Å². The number of rotatable bonds is 6. The fraction of sp³-hybridized carbons (Fsp3) is 1.00. The van der Waals surface area contributed by atoms with Crippen LogP contribution in [0.3, 0.4) is 0 Å². The van der Waals surface area contributed by atoms with Gasteiger partial charge in [-0.25, -0.2) is 0 Å². The molecule has 0 aromatic heterocycles. The molecule has 0 radical (unpaired) electrons. The molecule has 0 amide bonds. The highest BCUT2D eigenvalue weighted by atomic mass is 16.5. The molecule has 0 bridgehead atoms. The van der Waals surface area contributed by atoms with Gasteiger partial charge in [0.05, 0.1) is 0 Å². The Labute approximate surface area is 94.2 Å². The summed E-state index contributed by atoms with van der Waals surface area (Å²) in [5.74, 6) is 0.818. The minimum Gasteiger partial charge on any atom is -0.381 e. The lowest BCUT2D eigenvalue weighted by atomic mass is 9.89. The second kappa shape index (κ2) is 7.20. The van der Waals surface area contributed by atoms with Gasteiger partial charge in [0.15, 0.2) is 0 Å². The van der Waals surface area contributed by atoms with E-state index < -0.39 is 0 Å². The van der Waals surface area contributed by atoms with E-state index in [1.807, 2.05) is 0 Å². The zero-order valence-electron chi connectivity index (χ0n) is 10.5. The van der Waals surface area contributed by atoms with E-state index in [9.17, 15) is 0 Å². The van der Waals surface area contributed by atoms with Crippen molar-refractivity contribution in [2.24, 2.45) is 5.92 Å². The van der Waals surface area contributed by atoms with Crippen molar-refractivity contribution in [3.63, 3.8) is 0 Å². The molecule has 3 heteroatoms. The average Bonchev–Trinajstić information content (AvgIpc) is 2.25. The molecule has 1 rings (SSSR count). The third-order valence-electron chi connectivity index (χ3n) is 3.19. The standard InChI is InChI=1S/C12H26N2O/c1-4-13-12(5-8-14(2)3)11-6-9-15-10-7-11/h11-13H,4-10H2,1-3H3. The molecule has 90 valence electrons. The smallest absolute Gasteiger partial charge is 0.0469 e. The lowest BCUT2D eigenvalue weighted by Gasteiger charge is -2.31. The van der Waals surface area contributed by atoms with Crippen LogP contribution in [0.25, 0.3) is 0 Å². The van der Waals surface area contributed by atoms with Crippen LogP contribution in [-0.2, 0) is 4.74 Å². The Morgan fingerprint density at radius 3 is 2.53 bits per heavy atom. The van der Waals surface area contributed by atoms with Crippen LogP contribution in [0, 0.1) is 5.92 Å². The first-order chi connectivity index (χ1) is 7.24. The number of nitrogens with one attached hydrogen (secondary N) is 1. The Morgan fingerprint density at radius 2 is 2.00 bits per heavy atom. The fourth-order valence-corrected chi connectivity index (χ4v) is 2.28. The topological polar surface area (TPSA) is 24.5 Å².